The summed E-state index contributed by atoms with van der Waals surface area (Å²) in [5.74, 6) is 0.169. The van der Waals surface area contributed by atoms with Gasteiger partial charge in [0, 0.05) is 11.9 Å². The van der Waals surface area contributed by atoms with Gasteiger partial charge in [-0.2, -0.15) is 0 Å². The van der Waals surface area contributed by atoms with Crippen molar-refractivity contribution in [2.75, 3.05) is 6.54 Å². The molecular weight excluding hydrogens is 312 g/mol. The van der Waals surface area contributed by atoms with Crippen molar-refractivity contribution in [3.63, 3.8) is 0 Å². The van der Waals surface area contributed by atoms with E-state index in [2.05, 4.69) is 29.4 Å². The van der Waals surface area contributed by atoms with E-state index >= 15 is 0 Å². The molecule has 1 atom stereocenters. The van der Waals surface area contributed by atoms with E-state index in [1.807, 2.05) is 41.1 Å². The van der Waals surface area contributed by atoms with Crippen molar-refractivity contribution < 1.29 is 4.79 Å². The maximum atomic E-state index is 12.2. The summed E-state index contributed by atoms with van der Waals surface area (Å²) < 4.78 is 0. The smallest absolute Gasteiger partial charge is 0.270 e. The average molecular weight is 328 g/mol. The Balaban J connectivity index is 1.61. The maximum Gasteiger partial charge on any atom is 0.270 e. The molecule has 2 heterocycles. The summed E-state index contributed by atoms with van der Waals surface area (Å²) >= 11 is 3.14. The number of rotatable bonds is 5. The first-order valence-electron chi connectivity index (χ1n) is 7.06. The van der Waals surface area contributed by atoms with E-state index in [0.717, 1.165) is 9.88 Å². The fourth-order valence-corrected chi connectivity index (χ4v) is 3.74. The average Bonchev–Trinajstić information content (AvgIpc) is 3.23. The molecule has 0 spiro atoms. The Kier molecular flexibility index (Phi) is 4.65. The van der Waals surface area contributed by atoms with Gasteiger partial charge in [0.15, 0.2) is 0 Å². The fraction of sp³-hybridized carbons (Fsp3) is 0.176. The predicted molar refractivity (Wildman–Crippen MR) is 92.6 cm³/mol. The van der Waals surface area contributed by atoms with E-state index < -0.39 is 0 Å². The lowest BCUT2D eigenvalue weighted by atomic mass is 10.0. The van der Waals surface area contributed by atoms with E-state index in [-0.39, 0.29) is 11.8 Å². The van der Waals surface area contributed by atoms with Gasteiger partial charge in [0.05, 0.1) is 4.88 Å². The summed E-state index contributed by atoms with van der Waals surface area (Å²) in [5.41, 5.74) is 1.72. The first-order valence-corrected chi connectivity index (χ1v) is 8.82. The van der Waals surface area contributed by atoms with E-state index in [1.54, 1.807) is 11.3 Å². The van der Waals surface area contributed by atoms with Crippen LogP contribution in [0.15, 0.2) is 53.2 Å². The van der Waals surface area contributed by atoms with Crippen molar-refractivity contribution >= 4 is 28.6 Å². The van der Waals surface area contributed by atoms with E-state index in [1.165, 1.54) is 16.9 Å². The summed E-state index contributed by atoms with van der Waals surface area (Å²) in [6.45, 7) is 2.71. The number of benzene rings is 1. The number of amides is 1. The van der Waals surface area contributed by atoms with Gasteiger partial charge in [-0.25, -0.2) is 4.98 Å². The zero-order valence-corrected chi connectivity index (χ0v) is 13.8. The minimum Gasteiger partial charge on any atom is -0.350 e. The van der Waals surface area contributed by atoms with Gasteiger partial charge in [-0.05, 0) is 22.9 Å². The molecule has 3 nitrogen and oxygen atoms in total. The van der Waals surface area contributed by atoms with Crippen molar-refractivity contribution in [3.8, 4) is 9.88 Å². The highest BCUT2D eigenvalue weighted by atomic mass is 32.1. The van der Waals surface area contributed by atoms with Gasteiger partial charge in [-0.3, -0.25) is 4.79 Å². The lowest BCUT2D eigenvalue weighted by molar-refractivity contribution is 0.0947. The molecule has 0 aliphatic carbocycles. The molecule has 0 aliphatic heterocycles. The maximum absolute atomic E-state index is 12.2. The summed E-state index contributed by atoms with van der Waals surface area (Å²) in [7, 11) is 0. The summed E-state index contributed by atoms with van der Waals surface area (Å²) in [6, 6.07) is 14.2. The standard InChI is InChI=1S/C17H16N2OS2/c1-12(13-6-3-2-4-7-13)10-18-16(20)14-11-22-17(19-14)15-8-5-9-21-15/h2-9,11-12H,10H2,1H3,(H,18,20)/t12-/m0/s1. The Labute approximate surface area is 137 Å². The second kappa shape index (κ2) is 6.85. The van der Waals surface area contributed by atoms with Crippen LogP contribution in [-0.2, 0) is 0 Å². The zero-order valence-electron chi connectivity index (χ0n) is 12.2. The van der Waals surface area contributed by atoms with Crippen LogP contribution < -0.4 is 5.32 Å². The fourth-order valence-electron chi connectivity index (χ4n) is 2.13. The Bertz CT molecular complexity index is 735. The largest absolute Gasteiger partial charge is 0.350 e. The summed E-state index contributed by atoms with van der Waals surface area (Å²) in [6.07, 6.45) is 0. The number of aromatic nitrogens is 1. The molecule has 3 rings (SSSR count). The molecule has 1 amide bonds. The number of nitrogens with one attached hydrogen (secondary N) is 1. The van der Waals surface area contributed by atoms with Crippen LogP contribution in [0.3, 0.4) is 0 Å². The molecule has 2 aromatic heterocycles. The van der Waals surface area contributed by atoms with Crippen LogP contribution in [0.1, 0.15) is 28.9 Å². The number of thiazole rings is 1. The highest BCUT2D eigenvalue weighted by Crippen LogP contribution is 2.27. The van der Waals surface area contributed by atoms with Gasteiger partial charge in [0.2, 0.25) is 0 Å². The van der Waals surface area contributed by atoms with Gasteiger partial charge in [0.25, 0.3) is 5.91 Å². The Morgan fingerprint density at radius 3 is 2.73 bits per heavy atom. The molecule has 1 N–H and O–H groups in total. The first kappa shape index (κ1) is 14.9. The minimum atomic E-state index is -0.109. The van der Waals surface area contributed by atoms with Crippen LogP contribution in [0.4, 0.5) is 0 Å². The molecule has 0 bridgehead atoms. The molecule has 112 valence electrons. The van der Waals surface area contributed by atoms with E-state index in [9.17, 15) is 4.79 Å². The molecular formula is C17H16N2OS2. The van der Waals surface area contributed by atoms with Crippen LogP contribution in [-0.4, -0.2) is 17.4 Å². The highest BCUT2D eigenvalue weighted by molar-refractivity contribution is 7.20. The van der Waals surface area contributed by atoms with Gasteiger partial charge >= 0.3 is 0 Å². The molecule has 0 aliphatic rings. The third-order valence-corrected chi connectivity index (χ3v) is 5.29. The molecule has 0 saturated carbocycles. The molecule has 0 unspecified atom stereocenters. The summed E-state index contributed by atoms with van der Waals surface area (Å²) in [4.78, 5) is 17.7. The second-order valence-corrected chi connectivity index (χ2v) is 6.84. The molecule has 5 heteroatoms. The quantitative estimate of drug-likeness (QED) is 0.754. The van der Waals surface area contributed by atoms with Crippen molar-refractivity contribution in [3.05, 3.63) is 64.5 Å². The molecule has 3 aromatic rings. The third-order valence-electron chi connectivity index (χ3n) is 3.41. The Hall–Kier alpha value is -1.98. The number of carbonyl (C=O) groups excluding carboxylic acids is 1. The molecule has 0 radical (unpaired) electrons. The van der Waals surface area contributed by atoms with Gasteiger partial charge in [0.1, 0.15) is 10.7 Å². The molecule has 0 fully saturated rings. The van der Waals surface area contributed by atoms with E-state index in [4.69, 9.17) is 0 Å². The lowest BCUT2D eigenvalue weighted by Gasteiger charge is -2.12. The van der Waals surface area contributed by atoms with Gasteiger partial charge in [-0.15, -0.1) is 22.7 Å². The Morgan fingerprint density at radius 1 is 1.18 bits per heavy atom. The number of thiophene rings is 1. The van der Waals surface area contributed by atoms with Crippen LogP contribution in [0.25, 0.3) is 9.88 Å². The van der Waals surface area contributed by atoms with Crippen LogP contribution in [0.5, 0.6) is 0 Å². The topological polar surface area (TPSA) is 42.0 Å². The normalized spacial score (nSPS) is 12.0. The SMILES string of the molecule is C[C@@H](CNC(=O)c1csc(-c2cccs2)n1)c1ccccc1. The van der Waals surface area contributed by atoms with E-state index in [0.29, 0.717) is 12.2 Å². The Morgan fingerprint density at radius 2 is 2.00 bits per heavy atom. The van der Waals surface area contributed by atoms with Gasteiger partial charge < -0.3 is 5.32 Å². The predicted octanol–water partition coefficient (Wildman–Crippen LogP) is 4.41. The lowest BCUT2D eigenvalue weighted by Crippen LogP contribution is -2.27. The summed E-state index contributed by atoms with van der Waals surface area (Å²) in [5, 5.41) is 7.69. The van der Waals surface area contributed by atoms with Gasteiger partial charge in [-0.1, -0.05) is 43.3 Å². The highest BCUT2D eigenvalue weighted by Gasteiger charge is 2.13. The van der Waals surface area contributed by atoms with Crippen molar-refractivity contribution in [1.29, 1.82) is 0 Å². The van der Waals surface area contributed by atoms with Crippen molar-refractivity contribution in [2.45, 2.75) is 12.8 Å². The third kappa shape index (κ3) is 3.43. The van der Waals surface area contributed by atoms with Crippen molar-refractivity contribution in [1.82, 2.24) is 10.3 Å². The first-order chi connectivity index (χ1) is 10.7. The number of hydrogen-bond donors (Lipinski definition) is 1. The number of hydrogen-bond acceptors (Lipinski definition) is 4. The minimum absolute atomic E-state index is 0.109. The van der Waals surface area contributed by atoms with Crippen LogP contribution >= 0.6 is 22.7 Å². The second-order valence-electron chi connectivity index (χ2n) is 5.04. The zero-order chi connectivity index (χ0) is 15.4. The molecule has 0 saturated heterocycles. The number of carbonyl (C=O) groups is 1. The van der Waals surface area contributed by atoms with Crippen molar-refractivity contribution in [2.24, 2.45) is 0 Å². The van der Waals surface area contributed by atoms with Crippen LogP contribution in [0.2, 0.25) is 0 Å². The number of nitrogens with zero attached hydrogens (tertiary/aromatic N) is 1. The molecule has 22 heavy (non-hydrogen) atoms. The monoisotopic (exact) mass is 328 g/mol. The molecule has 1 aromatic carbocycles. The van der Waals surface area contributed by atoms with Crippen LogP contribution in [0, 0.1) is 0 Å².